The van der Waals surface area contributed by atoms with Crippen molar-refractivity contribution < 1.29 is 13.2 Å². The Morgan fingerprint density at radius 1 is 1.43 bits per heavy atom. The Balaban J connectivity index is 2.25. The summed E-state index contributed by atoms with van der Waals surface area (Å²) in [5.74, 6) is 1.04. The smallest absolute Gasteiger partial charge is 0.150 e. The molecule has 0 spiro atoms. The van der Waals surface area contributed by atoms with E-state index in [2.05, 4.69) is 10.3 Å². The van der Waals surface area contributed by atoms with Crippen LogP contribution in [0.2, 0.25) is 0 Å². The summed E-state index contributed by atoms with van der Waals surface area (Å²) in [6, 6.07) is 2.04. The Bertz CT molecular complexity index is 574. The van der Waals surface area contributed by atoms with Crippen LogP contribution in [-0.4, -0.2) is 39.1 Å². The number of nitrogens with one attached hydrogen (secondary N) is 1. The summed E-state index contributed by atoms with van der Waals surface area (Å²) in [4.78, 5) is 4.08. The van der Waals surface area contributed by atoms with Gasteiger partial charge in [0.2, 0.25) is 0 Å². The van der Waals surface area contributed by atoms with E-state index >= 15 is 0 Å². The van der Waals surface area contributed by atoms with Gasteiger partial charge < -0.3 is 10.1 Å². The van der Waals surface area contributed by atoms with Gasteiger partial charge in [-0.2, -0.15) is 0 Å². The molecule has 3 unspecified atom stereocenters. The molecule has 118 valence electrons. The van der Waals surface area contributed by atoms with E-state index in [0.717, 1.165) is 30.6 Å². The summed E-state index contributed by atoms with van der Waals surface area (Å²) in [6.45, 7) is 0. The molecular formula is C15H24N2O3S. The predicted octanol–water partition coefficient (Wildman–Crippen LogP) is 1.95. The highest BCUT2D eigenvalue weighted by Gasteiger charge is 2.34. The van der Waals surface area contributed by atoms with Crippen molar-refractivity contribution in [1.82, 2.24) is 10.3 Å². The fourth-order valence-electron chi connectivity index (χ4n) is 3.34. The van der Waals surface area contributed by atoms with E-state index in [0.29, 0.717) is 12.3 Å². The lowest BCUT2D eigenvalue weighted by Gasteiger charge is -2.34. The van der Waals surface area contributed by atoms with Crippen LogP contribution in [0.3, 0.4) is 0 Å². The van der Waals surface area contributed by atoms with Gasteiger partial charge in [0.1, 0.15) is 15.6 Å². The largest absolute Gasteiger partial charge is 0.495 e. The summed E-state index contributed by atoms with van der Waals surface area (Å²) in [6.07, 6.45) is 8.27. The number of sulfone groups is 1. The second kappa shape index (κ2) is 6.75. The van der Waals surface area contributed by atoms with E-state index in [4.69, 9.17) is 4.74 Å². The Labute approximate surface area is 127 Å². The maximum absolute atomic E-state index is 11.8. The van der Waals surface area contributed by atoms with E-state index in [1.54, 1.807) is 19.5 Å². The average molecular weight is 312 g/mol. The lowest BCUT2D eigenvalue weighted by Crippen LogP contribution is -2.34. The monoisotopic (exact) mass is 312 g/mol. The molecule has 0 aliphatic heterocycles. The fraction of sp³-hybridized carbons (Fsp3) is 0.667. The standard InChI is InChI=1S/C15H24N2O3S/c1-16-15(13-7-8-17-10-14(13)20-2)11-5-4-6-12(9-11)21(3,18)19/h7-8,10-12,15-16H,4-6,9H2,1-3H3. The van der Waals surface area contributed by atoms with E-state index in [1.165, 1.54) is 6.26 Å². The zero-order chi connectivity index (χ0) is 15.5. The molecule has 5 nitrogen and oxygen atoms in total. The van der Waals surface area contributed by atoms with Gasteiger partial charge in [-0.05, 0) is 38.3 Å². The molecule has 0 aromatic carbocycles. The topological polar surface area (TPSA) is 68.3 Å². The Kier molecular flexibility index (Phi) is 5.22. The van der Waals surface area contributed by atoms with Gasteiger partial charge in [-0.3, -0.25) is 4.98 Å². The van der Waals surface area contributed by atoms with Crippen LogP contribution in [0.5, 0.6) is 5.75 Å². The van der Waals surface area contributed by atoms with Crippen molar-refractivity contribution in [3.05, 3.63) is 24.0 Å². The van der Waals surface area contributed by atoms with Crippen LogP contribution in [0, 0.1) is 5.92 Å². The molecule has 0 amide bonds. The van der Waals surface area contributed by atoms with Crippen molar-refractivity contribution in [3.63, 3.8) is 0 Å². The average Bonchev–Trinajstić information content (AvgIpc) is 2.48. The molecule has 3 atom stereocenters. The number of hydrogen-bond acceptors (Lipinski definition) is 5. The Hall–Kier alpha value is -1.14. The summed E-state index contributed by atoms with van der Waals surface area (Å²) in [7, 11) is 0.574. The number of ether oxygens (including phenoxy) is 1. The number of aromatic nitrogens is 1. The molecule has 1 aromatic heterocycles. The molecule has 0 saturated heterocycles. The fourth-order valence-corrected chi connectivity index (χ4v) is 4.53. The van der Waals surface area contributed by atoms with E-state index in [9.17, 15) is 8.42 Å². The molecule has 1 fully saturated rings. The first kappa shape index (κ1) is 16.2. The third kappa shape index (κ3) is 3.74. The van der Waals surface area contributed by atoms with Crippen molar-refractivity contribution in [3.8, 4) is 5.75 Å². The summed E-state index contributed by atoms with van der Waals surface area (Å²) >= 11 is 0. The van der Waals surface area contributed by atoms with Crippen LogP contribution in [0.25, 0.3) is 0 Å². The zero-order valence-corrected chi connectivity index (χ0v) is 13.7. The minimum Gasteiger partial charge on any atom is -0.495 e. The summed E-state index contributed by atoms with van der Waals surface area (Å²) < 4.78 is 29.1. The van der Waals surface area contributed by atoms with E-state index < -0.39 is 9.84 Å². The lowest BCUT2D eigenvalue weighted by molar-refractivity contribution is 0.276. The minimum atomic E-state index is -2.97. The zero-order valence-electron chi connectivity index (χ0n) is 12.9. The molecule has 0 radical (unpaired) electrons. The molecule has 1 heterocycles. The minimum absolute atomic E-state index is 0.0903. The second-order valence-corrected chi connectivity index (χ2v) is 8.09. The number of pyridine rings is 1. The molecule has 1 aliphatic carbocycles. The van der Waals surface area contributed by atoms with Crippen LogP contribution in [0.4, 0.5) is 0 Å². The Morgan fingerprint density at radius 2 is 2.19 bits per heavy atom. The van der Waals surface area contributed by atoms with Crippen LogP contribution in [-0.2, 0) is 9.84 Å². The first-order valence-corrected chi connectivity index (χ1v) is 9.26. The molecular weight excluding hydrogens is 288 g/mol. The van der Waals surface area contributed by atoms with E-state index in [-0.39, 0.29) is 11.3 Å². The highest BCUT2D eigenvalue weighted by molar-refractivity contribution is 7.91. The first-order chi connectivity index (χ1) is 9.97. The van der Waals surface area contributed by atoms with Gasteiger partial charge in [0.05, 0.1) is 18.6 Å². The molecule has 6 heteroatoms. The quantitative estimate of drug-likeness (QED) is 0.900. The third-order valence-electron chi connectivity index (χ3n) is 4.43. The molecule has 1 saturated carbocycles. The van der Waals surface area contributed by atoms with Crippen LogP contribution < -0.4 is 10.1 Å². The predicted molar refractivity (Wildman–Crippen MR) is 83.2 cm³/mol. The SMILES string of the molecule is CNC(c1ccncc1OC)C1CCCC(S(C)(=O)=O)C1. The number of rotatable bonds is 5. The molecule has 1 aliphatic rings. The van der Waals surface area contributed by atoms with Gasteiger partial charge in [0, 0.05) is 24.1 Å². The van der Waals surface area contributed by atoms with E-state index in [1.807, 2.05) is 13.1 Å². The third-order valence-corrected chi connectivity index (χ3v) is 6.07. The van der Waals surface area contributed by atoms with Gasteiger partial charge in [0.25, 0.3) is 0 Å². The van der Waals surface area contributed by atoms with Gasteiger partial charge in [-0.1, -0.05) is 6.42 Å². The number of methoxy groups -OCH3 is 1. The van der Waals surface area contributed by atoms with Crippen molar-refractivity contribution in [1.29, 1.82) is 0 Å². The number of nitrogens with zero attached hydrogens (tertiary/aromatic N) is 1. The number of hydrogen-bond donors (Lipinski definition) is 1. The summed E-state index contributed by atoms with van der Waals surface area (Å²) in [5, 5.41) is 3.11. The maximum atomic E-state index is 11.8. The van der Waals surface area contributed by atoms with Crippen LogP contribution >= 0.6 is 0 Å². The van der Waals surface area contributed by atoms with Gasteiger partial charge in [-0.15, -0.1) is 0 Å². The maximum Gasteiger partial charge on any atom is 0.150 e. The van der Waals surface area contributed by atoms with Crippen molar-refractivity contribution in [2.45, 2.75) is 37.0 Å². The molecule has 2 rings (SSSR count). The van der Waals surface area contributed by atoms with Gasteiger partial charge >= 0.3 is 0 Å². The van der Waals surface area contributed by atoms with Crippen LogP contribution in [0.1, 0.15) is 37.3 Å². The highest BCUT2D eigenvalue weighted by Crippen LogP contribution is 2.39. The first-order valence-electron chi connectivity index (χ1n) is 7.31. The molecule has 1 N–H and O–H groups in total. The highest BCUT2D eigenvalue weighted by atomic mass is 32.2. The van der Waals surface area contributed by atoms with Crippen molar-refractivity contribution in [2.75, 3.05) is 20.4 Å². The summed E-state index contributed by atoms with van der Waals surface area (Å²) in [5.41, 5.74) is 1.05. The Morgan fingerprint density at radius 3 is 2.81 bits per heavy atom. The molecule has 21 heavy (non-hydrogen) atoms. The van der Waals surface area contributed by atoms with Crippen LogP contribution in [0.15, 0.2) is 18.5 Å². The molecule has 1 aromatic rings. The van der Waals surface area contributed by atoms with Gasteiger partial charge in [-0.25, -0.2) is 8.42 Å². The molecule has 0 bridgehead atoms. The second-order valence-electron chi connectivity index (χ2n) is 5.76. The van der Waals surface area contributed by atoms with Crippen molar-refractivity contribution in [2.24, 2.45) is 5.92 Å². The van der Waals surface area contributed by atoms with Crippen molar-refractivity contribution >= 4 is 9.84 Å². The lowest BCUT2D eigenvalue weighted by atomic mass is 9.81. The van der Waals surface area contributed by atoms with Gasteiger partial charge in [0.15, 0.2) is 0 Å². The normalized spacial score (nSPS) is 24.5.